The summed E-state index contributed by atoms with van der Waals surface area (Å²) in [5.41, 5.74) is 0.606. The first-order valence-corrected chi connectivity index (χ1v) is 4.84. The van der Waals surface area contributed by atoms with Crippen LogP contribution in [-0.4, -0.2) is 10.9 Å². The minimum absolute atomic E-state index is 0.378. The van der Waals surface area contributed by atoms with Gasteiger partial charge in [-0.05, 0) is 26.8 Å². The van der Waals surface area contributed by atoms with Crippen LogP contribution in [0.2, 0.25) is 0 Å². The molecule has 0 unspecified atom stereocenters. The second kappa shape index (κ2) is 5.00. The van der Waals surface area contributed by atoms with E-state index in [2.05, 4.69) is 52.9 Å². The zero-order valence-corrected chi connectivity index (χ0v) is 9.52. The van der Waals surface area contributed by atoms with Crippen LogP contribution in [0.5, 0.6) is 0 Å². The van der Waals surface area contributed by atoms with Crippen LogP contribution in [0.15, 0.2) is 22.9 Å². The maximum Gasteiger partial charge on any atom is 0.301 e. The number of nitrogens with zero attached hydrogens (tertiary/aromatic N) is 1. The van der Waals surface area contributed by atoms with E-state index < -0.39 is 0 Å². The summed E-state index contributed by atoms with van der Waals surface area (Å²) in [6.45, 7) is 0. The third-order valence-corrected chi connectivity index (χ3v) is 1.76. The second-order valence-corrected chi connectivity index (χ2v) is 3.38. The largest absolute Gasteiger partial charge is 0.314 e. The first-order chi connectivity index (χ1) is 6.22. The van der Waals surface area contributed by atoms with Gasteiger partial charge >= 0.3 is 5.91 Å². The minimum Gasteiger partial charge on any atom is -0.314 e. The Morgan fingerprint density at radius 3 is 2.92 bits per heavy atom. The fourth-order valence-corrected chi connectivity index (χ4v) is 1.23. The van der Waals surface area contributed by atoms with Crippen molar-refractivity contribution in [2.75, 3.05) is 5.32 Å². The summed E-state index contributed by atoms with van der Waals surface area (Å²) in [6.07, 6.45) is 3.17. The molecule has 0 fully saturated rings. The number of hydrogen-bond acceptors (Lipinski definition) is 2. The molecule has 0 saturated heterocycles. The molecule has 1 heterocycles. The molecule has 0 spiro atoms. The van der Waals surface area contributed by atoms with Crippen molar-refractivity contribution in [3.05, 3.63) is 22.9 Å². The molecule has 3 nitrogen and oxygen atoms in total. The zero-order chi connectivity index (χ0) is 9.68. The molecule has 66 valence electrons. The summed E-state index contributed by atoms with van der Waals surface area (Å²) in [5.74, 6) is 1.91. The maximum atomic E-state index is 11.0. The van der Waals surface area contributed by atoms with Gasteiger partial charge < -0.3 is 5.32 Å². The van der Waals surface area contributed by atoms with E-state index in [1.807, 2.05) is 0 Å². The van der Waals surface area contributed by atoms with E-state index in [0.29, 0.717) is 5.69 Å². The number of hydrogen-bond donors (Lipinski definition) is 1. The Morgan fingerprint density at radius 1 is 1.54 bits per heavy atom. The fourth-order valence-electron chi connectivity index (χ4n) is 0.685. The molecule has 13 heavy (non-hydrogen) atoms. The number of anilines is 1. The summed E-state index contributed by atoms with van der Waals surface area (Å²) in [6, 6.07) is 1.74. The van der Waals surface area contributed by atoms with E-state index in [9.17, 15) is 4.79 Å². The van der Waals surface area contributed by atoms with Crippen molar-refractivity contribution in [1.29, 1.82) is 0 Å². The van der Waals surface area contributed by atoms with Gasteiger partial charge in [0.05, 0.1) is 11.9 Å². The number of aromatic nitrogens is 1. The number of halogens is 2. The van der Waals surface area contributed by atoms with Crippen LogP contribution in [0.1, 0.15) is 0 Å². The average molecular weight is 304 g/mol. The molecule has 0 atom stereocenters. The van der Waals surface area contributed by atoms with Gasteiger partial charge in [0.1, 0.15) is 0 Å². The number of nitrogens with one attached hydrogen (secondary N) is 1. The topological polar surface area (TPSA) is 42.0 Å². The van der Waals surface area contributed by atoms with Crippen molar-refractivity contribution in [3.63, 3.8) is 0 Å². The van der Waals surface area contributed by atoms with Crippen LogP contribution in [0.25, 0.3) is 0 Å². The Balaban J connectivity index is 2.73. The van der Waals surface area contributed by atoms with E-state index in [4.69, 9.17) is 0 Å². The molecule has 0 aromatic carbocycles. The summed E-state index contributed by atoms with van der Waals surface area (Å²) in [7, 11) is 0. The SMILES string of the molecule is O=C(C#CBr)Nc1cncc(Br)c1. The van der Waals surface area contributed by atoms with Gasteiger partial charge in [0.2, 0.25) is 0 Å². The first-order valence-electron chi connectivity index (χ1n) is 3.25. The van der Waals surface area contributed by atoms with Crippen molar-refractivity contribution in [3.8, 4) is 10.8 Å². The lowest BCUT2D eigenvalue weighted by molar-refractivity contribution is -0.111. The number of carbonyl (C=O) groups is 1. The quantitative estimate of drug-likeness (QED) is 0.808. The number of amides is 1. The third kappa shape index (κ3) is 3.57. The van der Waals surface area contributed by atoms with Crippen LogP contribution in [0.3, 0.4) is 0 Å². The maximum absolute atomic E-state index is 11.0. The third-order valence-electron chi connectivity index (χ3n) is 1.12. The van der Waals surface area contributed by atoms with Crippen LogP contribution < -0.4 is 5.32 Å². The Morgan fingerprint density at radius 2 is 2.31 bits per heavy atom. The molecular weight excluding hydrogens is 300 g/mol. The van der Waals surface area contributed by atoms with Gasteiger partial charge in [-0.2, -0.15) is 0 Å². The lowest BCUT2D eigenvalue weighted by atomic mass is 10.4. The molecule has 1 rings (SSSR count). The molecule has 1 aromatic heterocycles. The van der Waals surface area contributed by atoms with Gasteiger partial charge in [0, 0.05) is 32.5 Å². The average Bonchev–Trinajstić information content (AvgIpc) is 2.04. The van der Waals surface area contributed by atoms with Gasteiger partial charge in [-0.25, -0.2) is 0 Å². The van der Waals surface area contributed by atoms with E-state index in [-0.39, 0.29) is 5.91 Å². The van der Waals surface area contributed by atoms with E-state index in [0.717, 1.165) is 4.47 Å². The predicted molar refractivity (Wildman–Crippen MR) is 57.3 cm³/mol. The molecule has 1 amide bonds. The van der Waals surface area contributed by atoms with Gasteiger partial charge in [-0.15, -0.1) is 0 Å². The highest BCUT2D eigenvalue weighted by Crippen LogP contribution is 2.13. The number of rotatable bonds is 1. The second-order valence-electron chi connectivity index (χ2n) is 2.07. The Hall–Kier alpha value is -0.860. The van der Waals surface area contributed by atoms with Crippen molar-refractivity contribution >= 4 is 43.5 Å². The summed E-state index contributed by atoms with van der Waals surface area (Å²) in [5, 5.41) is 2.55. The molecular formula is C8H4Br2N2O. The first kappa shape index (κ1) is 10.2. The number of pyridine rings is 1. The molecule has 0 aliphatic heterocycles. The Kier molecular flexibility index (Phi) is 3.93. The Labute approximate surface area is 92.2 Å². The monoisotopic (exact) mass is 302 g/mol. The van der Waals surface area contributed by atoms with E-state index in [1.165, 1.54) is 0 Å². The van der Waals surface area contributed by atoms with Crippen LogP contribution in [-0.2, 0) is 4.79 Å². The standard InChI is InChI=1S/C8H4Br2N2O/c9-2-1-8(13)12-7-3-6(10)4-11-5-7/h3-5H,(H,12,13). The molecule has 0 radical (unpaired) electrons. The molecule has 0 bridgehead atoms. The van der Waals surface area contributed by atoms with Crippen LogP contribution in [0, 0.1) is 10.8 Å². The van der Waals surface area contributed by atoms with E-state index >= 15 is 0 Å². The highest BCUT2D eigenvalue weighted by Gasteiger charge is 1.97. The van der Waals surface area contributed by atoms with Gasteiger partial charge in [0.25, 0.3) is 0 Å². The van der Waals surface area contributed by atoms with Gasteiger partial charge in [-0.3, -0.25) is 9.78 Å². The van der Waals surface area contributed by atoms with E-state index in [1.54, 1.807) is 18.5 Å². The highest BCUT2D eigenvalue weighted by atomic mass is 79.9. The highest BCUT2D eigenvalue weighted by molar-refractivity contribution is 9.12. The summed E-state index contributed by atoms with van der Waals surface area (Å²) >= 11 is 6.06. The smallest absolute Gasteiger partial charge is 0.301 e. The van der Waals surface area contributed by atoms with Crippen molar-refractivity contribution in [2.24, 2.45) is 0 Å². The zero-order valence-electron chi connectivity index (χ0n) is 6.34. The van der Waals surface area contributed by atoms with Gasteiger partial charge in [0.15, 0.2) is 0 Å². The van der Waals surface area contributed by atoms with Crippen molar-refractivity contribution < 1.29 is 4.79 Å². The molecule has 1 aromatic rings. The van der Waals surface area contributed by atoms with Crippen molar-refractivity contribution in [1.82, 2.24) is 4.98 Å². The summed E-state index contributed by atoms with van der Waals surface area (Å²) in [4.78, 5) is 17.2. The molecule has 0 aliphatic carbocycles. The minimum atomic E-state index is -0.378. The van der Waals surface area contributed by atoms with Gasteiger partial charge in [-0.1, -0.05) is 0 Å². The predicted octanol–water partition coefficient (Wildman–Crippen LogP) is 2.14. The number of carbonyl (C=O) groups excluding carboxylic acids is 1. The molecule has 0 aliphatic rings. The normalized spacial score (nSPS) is 8.46. The summed E-state index contributed by atoms with van der Waals surface area (Å²) < 4.78 is 0.803. The molecule has 5 heteroatoms. The fraction of sp³-hybridized carbons (Fsp3) is 0. The van der Waals surface area contributed by atoms with Crippen LogP contribution >= 0.6 is 31.9 Å². The molecule has 1 N–H and O–H groups in total. The Bertz CT molecular complexity index is 381. The molecule has 0 saturated carbocycles. The lowest BCUT2D eigenvalue weighted by Crippen LogP contribution is -2.08. The van der Waals surface area contributed by atoms with Crippen molar-refractivity contribution in [2.45, 2.75) is 0 Å². The lowest BCUT2D eigenvalue weighted by Gasteiger charge is -1.99. The van der Waals surface area contributed by atoms with Crippen LogP contribution in [0.4, 0.5) is 5.69 Å².